The predicted octanol–water partition coefficient (Wildman–Crippen LogP) is 1.63. The Bertz CT molecular complexity index is 1280. The van der Waals surface area contributed by atoms with E-state index in [2.05, 4.69) is 19.8 Å². The van der Waals surface area contributed by atoms with Gasteiger partial charge in [0.1, 0.15) is 37.2 Å². The lowest BCUT2D eigenvalue weighted by Crippen LogP contribution is -2.43. The lowest BCUT2D eigenvalue weighted by molar-refractivity contribution is -0.140. The number of hydrogen-bond acceptors (Lipinski definition) is 9. The molecule has 0 saturated carbocycles. The van der Waals surface area contributed by atoms with Crippen molar-refractivity contribution in [1.82, 2.24) is 24.8 Å². The van der Waals surface area contributed by atoms with Crippen LogP contribution in [0.5, 0.6) is 5.88 Å². The van der Waals surface area contributed by atoms with E-state index in [0.717, 1.165) is 17.0 Å². The van der Waals surface area contributed by atoms with Crippen LogP contribution in [-0.2, 0) is 16.1 Å². The number of rotatable bonds is 8. The van der Waals surface area contributed by atoms with Gasteiger partial charge in [0.25, 0.3) is 11.8 Å². The van der Waals surface area contributed by atoms with E-state index < -0.39 is 35.8 Å². The third-order valence-corrected chi connectivity index (χ3v) is 6.00. The highest BCUT2D eigenvalue weighted by Crippen LogP contribution is 2.32. The van der Waals surface area contributed by atoms with Gasteiger partial charge in [-0.05, 0) is 29.3 Å². The van der Waals surface area contributed by atoms with Crippen LogP contribution in [0.3, 0.4) is 0 Å². The van der Waals surface area contributed by atoms with Crippen molar-refractivity contribution in [1.29, 1.82) is 0 Å². The smallest absolute Gasteiger partial charge is 0.414 e. The van der Waals surface area contributed by atoms with Crippen molar-refractivity contribution in [2.75, 3.05) is 31.1 Å². The van der Waals surface area contributed by atoms with Gasteiger partial charge in [0.2, 0.25) is 0 Å². The maximum absolute atomic E-state index is 15.1. The summed E-state index contributed by atoms with van der Waals surface area (Å²) in [6, 6.07) is 3.63. The monoisotopic (exact) mass is 516 g/mol. The van der Waals surface area contributed by atoms with E-state index in [1.165, 1.54) is 34.6 Å². The number of amides is 2. The number of halogens is 2. The lowest BCUT2D eigenvalue weighted by atomic mass is 9.97. The van der Waals surface area contributed by atoms with E-state index in [4.69, 9.17) is 9.47 Å². The number of carbonyl (C=O) groups is 2. The van der Waals surface area contributed by atoms with Gasteiger partial charge in [-0.3, -0.25) is 9.69 Å². The van der Waals surface area contributed by atoms with Crippen LogP contribution < -0.4 is 9.64 Å². The minimum atomic E-state index is -1.32. The Balaban J connectivity index is 1.23. The number of anilines is 1. The van der Waals surface area contributed by atoms with Crippen LogP contribution >= 0.6 is 0 Å². The minimum absolute atomic E-state index is 0.00649. The number of cyclic esters (lactones) is 1. The summed E-state index contributed by atoms with van der Waals surface area (Å²) in [5.41, 5.74) is 0.175. The molecule has 0 unspecified atom stereocenters. The van der Waals surface area contributed by atoms with Crippen molar-refractivity contribution in [3.63, 3.8) is 0 Å². The Labute approximate surface area is 208 Å². The number of nitrogens with zero attached hydrogens (tertiary/aromatic N) is 6. The number of aliphatic hydroxyl groups is 1. The van der Waals surface area contributed by atoms with Gasteiger partial charge in [0.05, 0.1) is 18.8 Å². The summed E-state index contributed by atoms with van der Waals surface area (Å²) in [6.07, 6.45) is 2.99. The fraction of sp³-hybridized carbons (Fsp3) is 0.348. The molecule has 3 aromatic rings. The molecule has 0 radical (unpaired) electrons. The summed E-state index contributed by atoms with van der Waals surface area (Å²) in [7, 11) is 0. The Morgan fingerprint density at radius 3 is 2.76 bits per heavy atom. The first kappa shape index (κ1) is 24.4. The summed E-state index contributed by atoms with van der Waals surface area (Å²) in [5, 5.41) is 17.6. The van der Waals surface area contributed by atoms with Crippen LogP contribution in [0, 0.1) is 11.6 Å². The quantitative estimate of drug-likeness (QED) is 0.474. The first-order valence-corrected chi connectivity index (χ1v) is 11.4. The van der Waals surface area contributed by atoms with Gasteiger partial charge in [-0.25, -0.2) is 23.2 Å². The summed E-state index contributed by atoms with van der Waals surface area (Å²) in [6.45, 7) is 0.224. The zero-order chi connectivity index (χ0) is 25.9. The molecule has 2 aliphatic heterocycles. The zero-order valence-corrected chi connectivity index (χ0v) is 19.4. The Morgan fingerprint density at radius 2 is 2.11 bits per heavy atom. The molecule has 1 N–H and O–H groups in total. The zero-order valence-electron chi connectivity index (χ0n) is 19.4. The molecule has 2 atom stereocenters. The Morgan fingerprint density at radius 1 is 1.30 bits per heavy atom. The molecule has 1 aromatic carbocycles. The van der Waals surface area contributed by atoms with Crippen LogP contribution in [0.25, 0.3) is 5.57 Å². The highest BCUT2D eigenvalue weighted by molar-refractivity contribution is 5.90. The third-order valence-electron chi connectivity index (χ3n) is 6.00. The summed E-state index contributed by atoms with van der Waals surface area (Å²) < 4.78 is 46.7. The largest absolute Gasteiger partial charge is 0.471 e. The van der Waals surface area contributed by atoms with E-state index in [0.29, 0.717) is 5.57 Å². The molecule has 12 nitrogen and oxygen atoms in total. The van der Waals surface area contributed by atoms with Gasteiger partial charge in [-0.1, -0.05) is 6.08 Å². The molecule has 2 aliphatic rings. The maximum atomic E-state index is 15.1. The maximum Gasteiger partial charge on any atom is 0.414 e. The first-order chi connectivity index (χ1) is 17.9. The van der Waals surface area contributed by atoms with Gasteiger partial charge in [-0.15, -0.1) is 0 Å². The average molecular weight is 516 g/mol. The number of carbonyl (C=O) groups excluding carboxylic acids is 2. The van der Waals surface area contributed by atoms with E-state index >= 15 is 8.78 Å². The standard InChI is InChI=1S/C23H22F2N6O6/c24-17-7-15(31-9-16(37-23(31)34)11-35-20-3-6-36-28-20)8-18(25)21(17)14-1-4-29(5-2-14)22(33)19(32)10-30-13-26-12-27-30/h1,3,6-8,12-13,16,19,32H,2,4-5,9-11H2/t16-,19+/m1/s1. The van der Waals surface area contributed by atoms with Crippen molar-refractivity contribution >= 4 is 23.3 Å². The Kier molecular flexibility index (Phi) is 6.81. The highest BCUT2D eigenvalue weighted by atomic mass is 19.1. The van der Waals surface area contributed by atoms with E-state index in [1.54, 1.807) is 6.08 Å². The molecule has 194 valence electrons. The van der Waals surface area contributed by atoms with Crippen LogP contribution in [0.4, 0.5) is 19.3 Å². The number of ether oxygens (including phenoxy) is 2. The fourth-order valence-corrected chi connectivity index (χ4v) is 4.19. The number of hydrogen-bond donors (Lipinski definition) is 1. The van der Waals surface area contributed by atoms with Crippen LogP contribution in [-0.4, -0.2) is 80.4 Å². The average Bonchev–Trinajstić information content (AvgIpc) is 3.65. The number of aliphatic hydroxyl groups excluding tert-OH is 1. The van der Waals surface area contributed by atoms with Crippen molar-refractivity contribution in [2.45, 2.75) is 25.2 Å². The van der Waals surface area contributed by atoms with Crippen LogP contribution in [0.1, 0.15) is 12.0 Å². The van der Waals surface area contributed by atoms with Gasteiger partial charge in [-0.2, -0.15) is 5.10 Å². The molecule has 2 aromatic heterocycles. The van der Waals surface area contributed by atoms with E-state index in [1.807, 2.05) is 0 Å². The number of benzene rings is 1. The lowest BCUT2D eigenvalue weighted by Gasteiger charge is -2.29. The van der Waals surface area contributed by atoms with Crippen molar-refractivity contribution < 1.29 is 37.5 Å². The van der Waals surface area contributed by atoms with E-state index in [9.17, 15) is 14.7 Å². The molecular weight excluding hydrogens is 494 g/mol. The van der Waals surface area contributed by atoms with Crippen LogP contribution in [0.15, 0.2) is 47.7 Å². The normalized spacial score (nSPS) is 18.5. The molecule has 4 heterocycles. The first-order valence-electron chi connectivity index (χ1n) is 11.4. The van der Waals surface area contributed by atoms with Gasteiger partial charge in [0.15, 0.2) is 12.2 Å². The molecule has 14 heteroatoms. The Hall–Kier alpha value is -4.33. The molecule has 0 aliphatic carbocycles. The second-order valence-electron chi connectivity index (χ2n) is 8.45. The molecular formula is C23H22F2N6O6. The minimum Gasteiger partial charge on any atom is -0.471 e. The second-order valence-corrected chi connectivity index (χ2v) is 8.45. The summed E-state index contributed by atoms with van der Waals surface area (Å²) >= 11 is 0. The van der Waals surface area contributed by atoms with E-state index in [-0.39, 0.29) is 56.3 Å². The predicted molar refractivity (Wildman–Crippen MR) is 121 cm³/mol. The number of aromatic nitrogens is 4. The summed E-state index contributed by atoms with van der Waals surface area (Å²) in [5.74, 6) is -1.98. The summed E-state index contributed by atoms with van der Waals surface area (Å²) in [4.78, 5) is 31.1. The second kappa shape index (κ2) is 10.3. The fourth-order valence-electron chi connectivity index (χ4n) is 4.19. The van der Waals surface area contributed by atoms with Gasteiger partial charge >= 0.3 is 6.09 Å². The van der Waals surface area contributed by atoms with Gasteiger partial charge < -0.3 is 24.0 Å². The molecule has 0 bridgehead atoms. The van der Waals surface area contributed by atoms with Crippen molar-refractivity contribution in [2.24, 2.45) is 0 Å². The van der Waals surface area contributed by atoms with Crippen molar-refractivity contribution in [3.8, 4) is 5.88 Å². The topological polar surface area (TPSA) is 136 Å². The molecule has 0 spiro atoms. The SMILES string of the molecule is O=C([C@@H](O)Cn1cncn1)N1CC=C(c2c(F)cc(N3C[C@H](COc4ccon4)OC3=O)cc2F)CC1. The van der Waals surface area contributed by atoms with Crippen molar-refractivity contribution in [3.05, 3.63) is 60.4 Å². The molecule has 37 heavy (non-hydrogen) atoms. The van der Waals surface area contributed by atoms with Crippen LogP contribution in [0.2, 0.25) is 0 Å². The highest BCUT2D eigenvalue weighted by Gasteiger charge is 2.34. The molecule has 1 saturated heterocycles. The third kappa shape index (κ3) is 5.28. The molecule has 5 rings (SSSR count). The molecule has 1 fully saturated rings. The van der Waals surface area contributed by atoms with Gasteiger partial charge in [0, 0.05) is 24.7 Å². The molecule has 2 amide bonds.